The monoisotopic (exact) mass is 359 g/mol. The predicted molar refractivity (Wildman–Crippen MR) is 97.0 cm³/mol. The number of nitrogens with zero attached hydrogens (tertiary/aromatic N) is 1. The molecule has 142 valence electrons. The van der Waals surface area contributed by atoms with Gasteiger partial charge in [-0.05, 0) is 74.2 Å². The molecule has 2 saturated carbocycles. The SMILES string of the molecule is Oc1ccc2c(c1)[C@]13CCN(CC4CCC4)[C@H](C2)[C@]1(O)CC[C@H](O)[C@@H]3O. The number of aliphatic hydroxyl groups excluding tert-OH is 2. The van der Waals surface area contributed by atoms with E-state index in [4.69, 9.17) is 0 Å². The van der Waals surface area contributed by atoms with E-state index in [2.05, 4.69) is 4.90 Å². The van der Waals surface area contributed by atoms with Gasteiger partial charge in [0.15, 0.2) is 0 Å². The van der Waals surface area contributed by atoms with Crippen LogP contribution in [0.2, 0.25) is 0 Å². The van der Waals surface area contributed by atoms with Gasteiger partial charge >= 0.3 is 0 Å². The summed E-state index contributed by atoms with van der Waals surface area (Å²) in [4.78, 5) is 2.45. The van der Waals surface area contributed by atoms with Gasteiger partial charge in [-0.2, -0.15) is 0 Å². The molecule has 5 heteroatoms. The number of phenolic OH excluding ortho intramolecular Hbond substituents is 1. The normalized spacial score (nSPS) is 42.7. The molecule has 1 aliphatic heterocycles. The Hall–Kier alpha value is -1.14. The maximum absolute atomic E-state index is 12.0. The van der Waals surface area contributed by atoms with Gasteiger partial charge in [0.25, 0.3) is 0 Å². The van der Waals surface area contributed by atoms with Gasteiger partial charge in [0.1, 0.15) is 5.75 Å². The summed E-state index contributed by atoms with van der Waals surface area (Å²) in [6, 6.07) is 5.30. The first-order chi connectivity index (χ1) is 12.5. The van der Waals surface area contributed by atoms with Crippen LogP contribution in [0.5, 0.6) is 5.75 Å². The fourth-order valence-corrected chi connectivity index (χ4v) is 6.36. The summed E-state index contributed by atoms with van der Waals surface area (Å²) in [6.45, 7) is 1.84. The van der Waals surface area contributed by atoms with E-state index in [1.165, 1.54) is 19.3 Å². The number of hydrogen-bond acceptors (Lipinski definition) is 5. The Morgan fingerprint density at radius 1 is 1.12 bits per heavy atom. The second kappa shape index (κ2) is 5.68. The molecule has 0 radical (unpaired) electrons. The zero-order valence-electron chi connectivity index (χ0n) is 15.1. The van der Waals surface area contributed by atoms with E-state index in [0.29, 0.717) is 19.3 Å². The van der Waals surface area contributed by atoms with Crippen molar-refractivity contribution in [3.63, 3.8) is 0 Å². The third kappa shape index (κ3) is 2.06. The van der Waals surface area contributed by atoms with Gasteiger partial charge in [0, 0.05) is 12.6 Å². The first-order valence-electron chi connectivity index (χ1n) is 10.1. The number of piperidine rings is 1. The van der Waals surface area contributed by atoms with Crippen LogP contribution in [0, 0.1) is 5.92 Å². The summed E-state index contributed by atoms with van der Waals surface area (Å²) in [5.74, 6) is 0.884. The van der Waals surface area contributed by atoms with Gasteiger partial charge in [0.05, 0.1) is 23.2 Å². The lowest BCUT2D eigenvalue weighted by Gasteiger charge is -2.66. The van der Waals surface area contributed by atoms with Crippen LogP contribution in [0.4, 0.5) is 0 Å². The third-order valence-corrected chi connectivity index (χ3v) is 7.95. The maximum Gasteiger partial charge on any atom is 0.115 e. The molecule has 0 unspecified atom stereocenters. The third-order valence-electron chi connectivity index (χ3n) is 7.95. The molecule has 26 heavy (non-hydrogen) atoms. The Morgan fingerprint density at radius 2 is 1.92 bits per heavy atom. The zero-order valence-corrected chi connectivity index (χ0v) is 15.1. The fraction of sp³-hybridized carbons (Fsp3) is 0.714. The number of rotatable bonds is 2. The van der Waals surface area contributed by atoms with Crippen molar-refractivity contribution in [2.45, 2.75) is 74.2 Å². The number of aromatic hydroxyl groups is 1. The molecule has 5 rings (SSSR count). The fourth-order valence-electron chi connectivity index (χ4n) is 6.36. The van der Waals surface area contributed by atoms with E-state index < -0.39 is 23.2 Å². The Kier molecular flexibility index (Phi) is 3.71. The standard InChI is InChI=1S/C21H29NO4/c23-15-5-4-14-10-18-21(26)7-6-17(24)19(25)20(21,16(14)11-15)8-9-22(18)12-13-2-1-3-13/h4-5,11,13,17-19,23-26H,1-3,6-10,12H2/t17-,18+,19-,20-,21+/m0/s1. The Morgan fingerprint density at radius 3 is 2.65 bits per heavy atom. The van der Waals surface area contributed by atoms with Crippen molar-refractivity contribution < 1.29 is 20.4 Å². The van der Waals surface area contributed by atoms with E-state index >= 15 is 0 Å². The molecule has 4 aliphatic rings. The van der Waals surface area contributed by atoms with Gasteiger partial charge in [-0.3, -0.25) is 4.90 Å². The summed E-state index contributed by atoms with van der Waals surface area (Å²) in [6.07, 6.45) is 4.29. The minimum atomic E-state index is -1.06. The van der Waals surface area contributed by atoms with Crippen LogP contribution in [0.25, 0.3) is 0 Å². The molecule has 0 amide bonds. The summed E-state index contributed by atoms with van der Waals surface area (Å²) >= 11 is 0. The molecule has 1 aromatic rings. The molecular weight excluding hydrogens is 330 g/mol. The van der Waals surface area contributed by atoms with Crippen LogP contribution < -0.4 is 0 Å². The molecule has 4 N–H and O–H groups in total. The second-order valence-electron chi connectivity index (χ2n) is 9.05. The number of aliphatic hydroxyl groups is 3. The van der Waals surface area contributed by atoms with Crippen molar-refractivity contribution in [3.05, 3.63) is 29.3 Å². The van der Waals surface area contributed by atoms with Gasteiger partial charge in [0.2, 0.25) is 0 Å². The quantitative estimate of drug-likeness (QED) is 0.640. The van der Waals surface area contributed by atoms with Gasteiger partial charge in [-0.15, -0.1) is 0 Å². The number of phenols is 1. The Bertz CT molecular complexity index is 720. The van der Waals surface area contributed by atoms with E-state index in [-0.39, 0.29) is 11.8 Å². The molecule has 1 heterocycles. The molecule has 2 bridgehead atoms. The molecule has 5 atom stereocenters. The minimum absolute atomic E-state index is 0.0314. The van der Waals surface area contributed by atoms with E-state index in [0.717, 1.165) is 36.6 Å². The summed E-state index contributed by atoms with van der Waals surface area (Å²) in [5, 5.41) is 43.6. The lowest BCUT2D eigenvalue weighted by Crippen LogP contribution is -2.78. The molecule has 0 spiro atoms. The largest absolute Gasteiger partial charge is 0.508 e. The van der Waals surface area contributed by atoms with Crippen LogP contribution in [-0.2, 0) is 11.8 Å². The average molecular weight is 359 g/mol. The first-order valence-corrected chi connectivity index (χ1v) is 10.1. The Balaban J connectivity index is 1.63. The topological polar surface area (TPSA) is 84.2 Å². The van der Waals surface area contributed by atoms with Gasteiger partial charge in [-0.25, -0.2) is 0 Å². The van der Waals surface area contributed by atoms with Crippen molar-refractivity contribution in [3.8, 4) is 5.75 Å². The Labute approximate surface area is 154 Å². The van der Waals surface area contributed by atoms with Crippen LogP contribution in [0.3, 0.4) is 0 Å². The summed E-state index contributed by atoms with van der Waals surface area (Å²) in [7, 11) is 0. The van der Waals surface area contributed by atoms with Crippen LogP contribution in [0.1, 0.15) is 49.7 Å². The van der Waals surface area contributed by atoms with Crippen molar-refractivity contribution in [1.82, 2.24) is 4.90 Å². The van der Waals surface area contributed by atoms with Crippen molar-refractivity contribution in [1.29, 1.82) is 0 Å². The maximum atomic E-state index is 12.0. The number of hydrogen-bond donors (Lipinski definition) is 4. The first kappa shape index (κ1) is 17.0. The van der Waals surface area contributed by atoms with Crippen LogP contribution in [0.15, 0.2) is 18.2 Å². The summed E-state index contributed by atoms with van der Waals surface area (Å²) < 4.78 is 0. The van der Waals surface area contributed by atoms with E-state index in [1.54, 1.807) is 12.1 Å². The highest BCUT2D eigenvalue weighted by molar-refractivity contribution is 5.49. The van der Waals surface area contributed by atoms with Crippen LogP contribution in [-0.4, -0.2) is 62.3 Å². The minimum Gasteiger partial charge on any atom is -0.508 e. The smallest absolute Gasteiger partial charge is 0.115 e. The molecule has 1 aromatic carbocycles. The molecule has 3 aliphatic carbocycles. The highest BCUT2D eigenvalue weighted by Crippen LogP contribution is 2.58. The highest BCUT2D eigenvalue weighted by Gasteiger charge is 2.68. The number of benzene rings is 1. The number of likely N-dealkylation sites (tertiary alicyclic amines) is 1. The summed E-state index contributed by atoms with van der Waals surface area (Å²) in [5.41, 5.74) is -0.0265. The molecule has 5 nitrogen and oxygen atoms in total. The van der Waals surface area contributed by atoms with E-state index in [9.17, 15) is 20.4 Å². The second-order valence-corrected chi connectivity index (χ2v) is 9.05. The molecule has 1 saturated heterocycles. The van der Waals surface area contributed by atoms with E-state index in [1.807, 2.05) is 6.07 Å². The molecular formula is C21H29NO4. The van der Waals surface area contributed by atoms with Crippen molar-refractivity contribution in [2.24, 2.45) is 5.92 Å². The molecule has 3 fully saturated rings. The van der Waals surface area contributed by atoms with Gasteiger partial charge < -0.3 is 20.4 Å². The molecule has 0 aromatic heterocycles. The average Bonchev–Trinajstić information content (AvgIpc) is 2.57. The zero-order chi connectivity index (χ0) is 18.1. The predicted octanol–water partition coefficient (Wildman–Crippen LogP) is 1.31. The van der Waals surface area contributed by atoms with Gasteiger partial charge in [-0.1, -0.05) is 12.5 Å². The highest BCUT2D eigenvalue weighted by atomic mass is 16.3. The lowest BCUT2D eigenvalue weighted by atomic mass is 9.48. The van der Waals surface area contributed by atoms with Crippen molar-refractivity contribution in [2.75, 3.05) is 13.1 Å². The van der Waals surface area contributed by atoms with Crippen LogP contribution >= 0.6 is 0 Å². The van der Waals surface area contributed by atoms with Crippen molar-refractivity contribution >= 4 is 0 Å². The number of fused-ring (bicyclic) bond motifs is 1. The lowest BCUT2D eigenvalue weighted by molar-refractivity contribution is -0.226.